The molecule has 0 amide bonds. The van der Waals surface area contributed by atoms with Crippen LogP contribution in [0.15, 0.2) is 0 Å². The molecule has 1 heterocycles. The lowest BCUT2D eigenvalue weighted by molar-refractivity contribution is 0.204. The van der Waals surface area contributed by atoms with Crippen LogP contribution in [0.1, 0.15) is 44.9 Å². The largest absolute Gasteiger partial charge is 0.330 e. The molecule has 0 aromatic carbocycles. The molecule has 3 heteroatoms. The molecule has 1 atom stereocenters. The van der Waals surface area contributed by atoms with Gasteiger partial charge in [-0.15, -0.1) is 0 Å². The Labute approximate surface area is 107 Å². The maximum absolute atomic E-state index is 5.49. The average Bonchev–Trinajstić information content (AvgIpc) is 2.70. The van der Waals surface area contributed by atoms with Crippen molar-refractivity contribution < 1.29 is 0 Å². The summed E-state index contributed by atoms with van der Waals surface area (Å²) in [5.74, 6) is 0. The summed E-state index contributed by atoms with van der Waals surface area (Å²) >= 11 is 0. The maximum atomic E-state index is 5.49. The van der Waals surface area contributed by atoms with Gasteiger partial charge < -0.3 is 10.6 Å². The summed E-state index contributed by atoms with van der Waals surface area (Å²) < 4.78 is 0. The van der Waals surface area contributed by atoms with Crippen molar-refractivity contribution >= 4 is 0 Å². The first-order chi connectivity index (χ1) is 8.24. The number of hydrogen-bond donors (Lipinski definition) is 1. The molecule has 0 aliphatic carbocycles. The second-order valence-corrected chi connectivity index (χ2v) is 5.65. The quantitative estimate of drug-likeness (QED) is 0.626. The Morgan fingerprint density at radius 1 is 1.12 bits per heavy atom. The van der Waals surface area contributed by atoms with Crippen LogP contribution in [0.4, 0.5) is 0 Å². The monoisotopic (exact) mass is 241 g/mol. The number of likely N-dealkylation sites (tertiary alicyclic amines) is 1. The van der Waals surface area contributed by atoms with Crippen molar-refractivity contribution in [2.75, 3.05) is 40.3 Å². The highest BCUT2D eigenvalue weighted by atomic mass is 15.2. The fourth-order valence-electron chi connectivity index (χ4n) is 2.81. The normalized spacial score (nSPS) is 21.5. The molecular formula is C14H31N3. The molecule has 0 bridgehead atoms. The van der Waals surface area contributed by atoms with E-state index in [-0.39, 0.29) is 0 Å². The van der Waals surface area contributed by atoms with Crippen molar-refractivity contribution in [3.8, 4) is 0 Å². The lowest BCUT2D eigenvalue weighted by Gasteiger charge is -2.26. The van der Waals surface area contributed by atoms with Gasteiger partial charge in [0.05, 0.1) is 0 Å². The lowest BCUT2D eigenvalue weighted by Crippen LogP contribution is -2.38. The van der Waals surface area contributed by atoms with E-state index >= 15 is 0 Å². The standard InChI is InChI=1S/C14H31N3/c1-16(2)13-14-9-8-12-17(14)11-7-5-3-4-6-10-15/h14H,3-13,15H2,1-2H3. The van der Waals surface area contributed by atoms with Gasteiger partial charge in [-0.25, -0.2) is 0 Å². The predicted octanol–water partition coefficient (Wildman–Crippen LogP) is 1.92. The van der Waals surface area contributed by atoms with Gasteiger partial charge in [-0.05, 0) is 59.4 Å². The Hall–Kier alpha value is -0.120. The van der Waals surface area contributed by atoms with E-state index in [0.29, 0.717) is 0 Å². The third-order valence-corrected chi connectivity index (χ3v) is 3.72. The first kappa shape index (κ1) is 14.9. The van der Waals surface area contributed by atoms with Gasteiger partial charge in [0.1, 0.15) is 0 Å². The van der Waals surface area contributed by atoms with E-state index in [4.69, 9.17) is 5.73 Å². The van der Waals surface area contributed by atoms with Gasteiger partial charge >= 0.3 is 0 Å². The second kappa shape index (κ2) is 8.90. The summed E-state index contributed by atoms with van der Waals surface area (Å²) in [5.41, 5.74) is 5.49. The van der Waals surface area contributed by atoms with E-state index in [1.807, 2.05) is 0 Å². The zero-order valence-corrected chi connectivity index (χ0v) is 11.8. The molecule has 0 aromatic rings. The zero-order valence-electron chi connectivity index (χ0n) is 11.8. The lowest BCUT2D eigenvalue weighted by atomic mass is 10.1. The molecule has 0 saturated carbocycles. The van der Waals surface area contributed by atoms with Gasteiger partial charge in [-0.2, -0.15) is 0 Å². The number of unbranched alkanes of at least 4 members (excludes halogenated alkanes) is 4. The SMILES string of the molecule is CN(C)CC1CCCN1CCCCCCCN. The summed E-state index contributed by atoms with van der Waals surface area (Å²) in [7, 11) is 4.37. The minimum atomic E-state index is 0.814. The smallest absolute Gasteiger partial charge is 0.0223 e. The van der Waals surface area contributed by atoms with Crippen LogP contribution >= 0.6 is 0 Å². The van der Waals surface area contributed by atoms with E-state index in [0.717, 1.165) is 12.6 Å². The summed E-state index contributed by atoms with van der Waals surface area (Å²) in [6, 6.07) is 0.814. The molecule has 1 rings (SSSR count). The van der Waals surface area contributed by atoms with E-state index in [2.05, 4.69) is 23.9 Å². The van der Waals surface area contributed by atoms with Crippen LogP contribution in [0, 0.1) is 0 Å². The molecule has 1 unspecified atom stereocenters. The topological polar surface area (TPSA) is 32.5 Å². The van der Waals surface area contributed by atoms with Crippen LogP contribution in [-0.4, -0.2) is 56.1 Å². The molecule has 3 nitrogen and oxygen atoms in total. The Kier molecular flexibility index (Phi) is 7.82. The molecule has 1 fully saturated rings. The number of nitrogens with two attached hydrogens (primary N) is 1. The highest BCUT2D eigenvalue weighted by molar-refractivity contribution is 4.80. The first-order valence-corrected chi connectivity index (χ1v) is 7.33. The fourth-order valence-corrected chi connectivity index (χ4v) is 2.81. The van der Waals surface area contributed by atoms with E-state index in [1.54, 1.807) is 0 Å². The zero-order chi connectivity index (χ0) is 12.5. The van der Waals surface area contributed by atoms with Gasteiger partial charge in [0.15, 0.2) is 0 Å². The molecule has 0 spiro atoms. The number of likely N-dealkylation sites (N-methyl/N-ethyl adjacent to an activating group) is 1. The summed E-state index contributed by atoms with van der Waals surface area (Å²) in [4.78, 5) is 5.02. The molecular weight excluding hydrogens is 210 g/mol. The van der Waals surface area contributed by atoms with Crippen molar-refractivity contribution in [2.24, 2.45) is 5.73 Å². The molecule has 1 aliphatic heterocycles. The van der Waals surface area contributed by atoms with Crippen LogP contribution in [0.3, 0.4) is 0 Å². The maximum Gasteiger partial charge on any atom is 0.0223 e. The Morgan fingerprint density at radius 3 is 2.53 bits per heavy atom. The van der Waals surface area contributed by atoms with Gasteiger partial charge in [0.25, 0.3) is 0 Å². The molecule has 0 aromatic heterocycles. The predicted molar refractivity (Wildman–Crippen MR) is 75.3 cm³/mol. The van der Waals surface area contributed by atoms with Crippen molar-refractivity contribution in [1.82, 2.24) is 9.80 Å². The van der Waals surface area contributed by atoms with Crippen molar-refractivity contribution in [3.63, 3.8) is 0 Å². The highest BCUT2D eigenvalue weighted by Gasteiger charge is 2.23. The van der Waals surface area contributed by atoms with Crippen LogP contribution in [0.25, 0.3) is 0 Å². The van der Waals surface area contributed by atoms with Crippen LogP contribution in [-0.2, 0) is 0 Å². The van der Waals surface area contributed by atoms with Gasteiger partial charge in [-0.1, -0.05) is 19.3 Å². The van der Waals surface area contributed by atoms with Crippen molar-refractivity contribution in [2.45, 2.75) is 51.0 Å². The third-order valence-electron chi connectivity index (χ3n) is 3.72. The molecule has 1 saturated heterocycles. The number of hydrogen-bond acceptors (Lipinski definition) is 3. The Balaban J connectivity index is 2.05. The minimum Gasteiger partial charge on any atom is -0.330 e. The average molecular weight is 241 g/mol. The molecule has 1 aliphatic rings. The Bertz CT molecular complexity index is 182. The fraction of sp³-hybridized carbons (Fsp3) is 1.00. The molecule has 17 heavy (non-hydrogen) atoms. The van der Waals surface area contributed by atoms with Gasteiger partial charge in [-0.3, -0.25) is 4.90 Å². The first-order valence-electron chi connectivity index (χ1n) is 7.33. The molecule has 0 radical (unpaired) electrons. The van der Waals surface area contributed by atoms with E-state index < -0.39 is 0 Å². The number of rotatable bonds is 9. The van der Waals surface area contributed by atoms with Gasteiger partial charge in [0.2, 0.25) is 0 Å². The number of nitrogens with zero attached hydrogens (tertiary/aromatic N) is 2. The van der Waals surface area contributed by atoms with Crippen molar-refractivity contribution in [3.05, 3.63) is 0 Å². The third kappa shape index (κ3) is 6.39. The highest BCUT2D eigenvalue weighted by Crippen LogP contribution is 2.18. The summed E-state index contributed by atoms with van der Waals surface area (Å²) in [6.07, 6.45) is 9.42. The van der Waals surface area contributed by atoms with Crippen molar-refractivity contribution in [1.29, 1.82) is 0 Å². The van der Waals surface area contributed by atoms with E-state index in [9.17, 15) is 0 Å². The minimum absolute atomic E-state index is 0.814. The molecule has 102 valence electrons. The van der Waals surface area contributed by atoms with Crippen LogP contribution in [0.2, 0.25) is 0 Å². The van der Waals surface area contributed by atoms with Crippen LogP contribution in [0.5, 0.6) is 0 Å². The van der Waals surface area contributed by atoms with Crippen LogP contribution < -0.4 is 5.73 Å². The summed E-state index contributed by atoms with van der Waals surface area (Å²) in [5, 5.41) is 0. The summed E-state index contributed by atoms with van der Waals surface area (Å²) in [6.45, 7) is 4.71. The second-order valence-electron chi connectivity index (χ2n) is 5.65. The Morgan fingerprint density at radius 2 is 1.82 bits per heavy atom. The molecule has 2 N–H and O–H groups in total. The van der Waals surface area contributed by atoms with Gasteiger partial charge in [0, 0.05) is 12.6 Å². The van der Waals surface area contributed by atoms with E-state index in [1.165, 1.54) is 64.6 Å².